The molecule has 0 heterocycles. The molecule has 0 atom stereocenters. The number of hydrogen-bond acceptors (Lipinski definition) is 3. The highest BCUT2D eigenvalue weighted by molar-refractivity contribution is 5.25. The van der Waals surface area contributed by atoms with Crippen molar-refractivity contribution >= 4 is 6.79 Å². The molecule has 72 valence electrons. The van der Waals surface area contributed by atoms with Crippen molar-refractivity contribution < 1.29 is 9.90 Å². The van der Waals surface area contributed by atoms with E-state index in [-0.39, 0.29) is 0 Å². The van der Waals surface area contributed by atoms with E-state index in [1.807, 2.05) is 26.0 Å². The number of aromatic hydroxyl groups is 1. The van der Waals surface area contributed by atoms with E-state index in [9.17, 15) is 0 Å². The van der Waals surface area contributed by atoms with E-state index in [0.717, 1.165) is 13.0 Å². The molecule has 0 fully saturated rings. The minimum atomic E-state index is 0.332. The molecule has 13 heavy (non-hydrogen) atoms. The minimum Gasteiger partial charge on any atom is -0.508 e. The Morgan fingerprint density at radius 2 is 1.85 bits per heavy atom. The van der Waals surface area contributed by atoms with Gasteiger partial charge in [0.25, 0.3) is 0 Å². The molecule has 0 aromatic heterocycles. The van der Waals surface area contributed by atoms with Gasteiger partial charge in [0.15, 0.2) is 0 Å². The zero-order valence-corrected chi connectivity index (χ0v) is 7.79. The van der Waals surface area contributed by atoms with Crippen molar-refractivity contribution in [3.8, 4) is 5.75 Å². The van der Waals surface area contributed by atoms with Crippen molar-refractivity contribution in [1.82, 2.24) is 5.32 Å². The Labute approximate surface area is 78.4 Å². The lowest BCUT2D eigenvalue weighted by Crippen LogP contribution is -2.09. The standard InChI is InChI=1S/C9H13NO.CH2O/c1-10-7-6-8-2-4-9(11)5-3-8;1-2/h2-5,10-11H,6-7H2,1H3;1H2. The van der Waals surface area contributed by atoms with Crippen LogP contribution >= 0.6 is 0 Å². The Balaban J connectivity index is 0.000000671. The van der Waals surface area contributed by atoms with E-state index < -0.39 is 0 Å². The Morgan fingerprint density at radius 1 is 1.31 bits per heavy atom. The summed E-state index contributed by atoms with van der Waals surface area (Å²) in [7, 11) is 1.93. The fourth-order valence-electron chi connectivity index (χ4n) is 0.932. The first-order chi connectivity index (χ1) is 6.33. The van der Waals surface area contributed by atoms with Gasteiger partial charge in [0.1, 0.15) is 12.5 Å². The monoisotopic (exact) mass is 181 g/mol. The summed E-state index contributed by atoms with van der Waals surface area (Å²) in [6.45, 7) is 2.98. The van der Waals surface area contributed by atoms with Crippen molar-refractivity contribution in [2.45, 2.75) is 6.42 Å². The van der Waals surface area contributed by atoms with Gasteiger partial charge < -0.3 is 15.2 Å². The minimum absolute atomic E-state index is 0.332. The maximum absolute atomic E-state index is 8.97. The third kappa shape index (κ3) is 4.98. The van der Waals surface area contributed by atoms with Gasteiger partial charge in [-0.15, -0.1) is 0 Å². The summed E-state index contributed by atoms with van der Waals surface area (Å²) in [4.78, 5) is 8.00. The molecule has 1 aromatic carbocycles. The van der Waals surface area contributed by atoms with Gasteiger partial charge in [-0.25, -0.2) is 0 Å². The van der Waals surface area contributed by atoms with Crippen LogP contribution < -0.4 is 5.32 Å². The van der Waals surface area contributed by atoms with Crippen molar-refractivity contribution in [1.29, 1.82) is 0 Å². The average molecular weight is 181 g/mol. The van der Waals surface area contributed by atoms with Crippen molar-refractivity contribution in [3.05, 3.63) is 29.8 Å². The molecule has 0 unspecified atom stereocenters. The predicted molar refractivity (Wildman–Crippen MR) is 52.9 cm³/mol. The lowest BCUT2D eigenvalue weighted by Gasteiger charge is -1.99. The van der Waals surface area contributed by atoms with Gasteiger partial charge in [0, 0.05) is 0 Å². The maximum Gasteiger partial charge on any atom is 0.115 e. The van der Waals surface area contributed by atoms with Crippen LogP contribution in [0, 0.1) is 0 Å². The molecule has 2 N–H and O–H groups in total. The fourth-order valence-corrected chi connectivity index (χ4v) is 0.932. The lowest BCUT2D eigenvalue weighted by molar-refractivity contribution is -0.0979. The molecule has 1 rings (SSSR count). The van der Waals surface area contributed by atoms with E-state index >= 15 is 0 Å². The van der Waals surface area contributed by atoms with Gasteiger partial charge in [-0.1, -0.05) is 12.1 Å². The zero-order valence-electron chi connectivity index (χ0n) is 7.79. The number of rotatable bonds is 3. The molecule has 0 aliphatic rings. The molecule has 0 spiro atoms. The first-order valence-corrected chi connectivity index (χ1v) is 4.04. The van der Waals surface area contributed by atoms with Gasteiger partial charge in [0.2, 0.25) is 0 Å². The van der Waals surface area contributed by atoms with Crippen LogP contribution in [0.15, 0.2) is 24.3 Å². The zero-order chi connectivity index (χ0) is 10.1. The molecule has 3 heteroatoms. The molecule has 3 nitrogen and oxygen atoms in total. The number of phenols is 1. The number of carbonyl (C=O) groups is 1. The smallest absolute Gasteiger partial charge is 0.115 e. The van der Waals surface area contributed by atoms with Gasteiger partial charge >= 0.3 is 0 Å². The van der Waals surface area contributed by atoms with E-state index in [2.05, 4.69) is 5.32 Å². The summed E-state index contributed by atoms with van der Waals surface area (Å²) < 4.78 is 0. The third-order valence-electron chi connectivity index (χ3n) is 1.60. The van der Waals surface area contributed by atoms with E-state index in [4.69, 9.17) is 9.90 Å². The van der Waals surface area contributed by atoms with Gasteiger partial charge in [-0.05, 0) is 37.7 Å². The maximum atomic E-state index is 8.97. The van der Waals surface area contributed by atoms with Crippen LogP contribution in [0.2, 0.25) is 0 Å². The number of phenolic OH excluding ortho intramolecular Hbond substituents is 1. The van der Waals surface area contributed by atoms with Crippen molar-refractivity contribution in [2.75, 3.05) is 13.6 Å². The van der Waals surface area contributed by atoms with E-state index in [0.29, 0.717) is 5.75 Å². The summed E-state index contributed by atoms with van der Waals surface area (Å²) in [5, 5.41) is 12.0. The Kier molecular flexibility index (Phi) is 6.55. The quantitative estimate of drug-likeness (QED) is 0.730. The first kappa shape index (κ1) is 11.6. The highest BCUT2D eigenvalue weighted by atomic mass is 16.3. The number of hydrogen-bond donors (Lipinski definition) is 2. The number of nitrogens with one attached hydrogen (secondary N) is 1. The molecule has 0 saturated heterocycles. The Hall–Kier alpha value is -1.35. The topological polar surface area (TPSA) is 49.3 Å². The predicted octanol–water partition coefficient (Wildman–Crippen LogP) is 0.969. The molecule has 0 saturated carbocycles. The summed E-state index contributed by atoms with van der Waals surface area (Å²) in [5.41, 5.74) is 1.25. The fraction of sp³-hybridized carbons (Fsp3) is 0.300. The third-order valence-corrected chi connectivity index (χ3v) is 1.60. The molecular formula is C10H15NO2. The van der Waals surface area contributed by atoms with Crippen LogP contribution in [0.3, 0.4) is 0 Å². The molecule has 0 aliphatic heterocycles. The summed E-state index contributed by atoms with van der Waals surface area (Å²) >= 11 is 0. The van der Waals surface area contributed by atoms with Crippen molar-refractivity contribution in [2.24, 2.45) is 0 Å². The Morgan fingerprint density at radius 3 is 2.31 bits per heavy atom. The normalized spacial score (nSPS) is 8.69. The van der Waals surface area contributed by atoms with Crippen LogP contribution in [0.4, 0.5) is 0 Å². The molecule has 1 aromatic rings. The molecule has 0 aliphatic carbocycles. The number of carbonyl (C=O) groups excluding carboxylic acids is 1. The van der Waals surface area contributed by atoms with E-state index in [1.165, 1.54) is 5.56 Å². The second-order valence-electron chi connectivity index (χ2n) is 2.52. The molecular weight excluding hydrogens is 166 g/mol. The van der Waals surface area contributed by atoms with Crippen LogP contribution in [0.5, 0.6) is 5.75 Å². The molecule has 0 radical (unpaired) electrons. The Bertz CT molecular complexity index is 221. The lowest BCUT2D eigenvalue weighted by atomic mass is 10.1. The summed E-state index contributed by atoms with van der Waals surface area (Å²) in [5.74, 6) is 0.332. The summed E-state index contributed by atoms with van der Waals surface area (Å²) in [6.07, 6.45) is 1.01. The van der Waals surface area contributed by atoms with Crippen LogP contribution in [-0.2, 0) is 11.2 Å². The number of benzene rings is 1. The summed E-state index contributed by atoms with van der Waals surface area (Å²) in [6, 6.07) is 7.30. The second kappa shape index (κ2) is 7.31. The van der Waals surface area contributed by atoms with Crippen LogP contribution in [-0.4, -0.2) is 25.5 Å². The average Bonchev–Trinajstić information content (AvgIpc) is 2.20. The highest BCUT2D eigenvalue weighted by Gasteiger charge is 1.90. The van der Waals surface area contributed by atoms with E-state index in [1.54, 1.807) is 12.1 Å². The first-order valence-electron chi connectivity index (χ1n) is 4.04. The SMILES string of the molecule is C=O.CNCCc1ccc(O)cc1. The number of likely N-dealkylation sites (N-methyl/N-ethyl adjacent to an activating group) is 1. The molecule has 0 amide bonds. The van der Waals surface area contributed by atoms with Crippen LogP contribution in [0.1, 0.15) is 5.56 Å². The molecule has 0 bridgehead atoms. The largest absolute Gasteiger partial charge is 0.508 e. The van der Waals surface area contributed by atoms with Gasteiger partial charge in [-0.3, -0.25) is 0 Å². The van der Waals surface area contributed by atoms with Gasteiger partial charge in [0.05, 0.1) is 0 Å². The second-order valence-corrected chi connectivity index (χ2v) is 2.52. The van der Waals surface area contributed by atoms with Gasteiger partial charge in [-0.2, -0.15) is 0 Å². The highest BCUT2D eigenvalue weighted by Crippen LogP contribution is 2.09. The van der Waals surface area contributed by atoms with Crippen molar-refractivity contribution in [3.63, 3.8) is 0 Å². The van der Waals surface area contributed by atoms with Crippen LogP contribution in [0.25, 0.3) is 0 Å².